The number of aliphatic imine (C=N–C) groups is 1. The Balaban J connectivity index is 3.29. The van der Waals surface area contributed by atoms with Gasteiger partial charge in [-0.25, -0.2) is 0 Å². The van der Waals surface area contributed by atoms with Crippen molar-refractivity contribution in [2.45, 2.75) is 38.8 Å². The zero-order valence-corrected chi connectivity index (χ0v) is 15.4. The summed E-state index contributed by atoms with van der Waals surface area (Å²) >= 11 is 0. The molecule has 162 valence electrons. The van der Waals surface area contributed by atoms with Crippen molar-refractivity contribution >= 4 is 11.7 Å². The lowest BCUT2D eigenvalue weighted by atomic mass is 9.96. The van der Waals surface area contributed by atoms with E-state index in [1.54, 1.807) is 13.8 Å². The first kappa shape index (κ1) is 24.1. The van der Waals surface area contributed by atoms with Gasteiger partial charge >= 0.3 is 12.5 Å². The van der Waals surface area contributed by atoms with Crippen LogP contribution < -0.4 is 21.9 Å². The number of primary amides is 1. The zero-order chi connectivity index (χ0) is 22.6. The van der Waals surface area contributed by atoms with Crippen LogP contribution in [-0.4, -0.2) is 24.3 Å². The minimum absolute atomic E-state index is 0.291. The highest BCUT2D eigenvalue weighted by Crippen LogP contribution is 2.30. The number of allylic oxidation sites excluding steroid dienone is 1. The number of alkyl halides is 6. The van der Waals surface area contributed by atoms with E-state index < -0.39 is 53.8 Å². The summed E-state index contributed by atoms with van der Waals surface area (Å²) in [6.07, 6.45) is -11.2. The van der Waals surface area contributed by atoms with Gasteiger partial charge in [-0.1, -0.05) is 26.0 Å². The maximum absolute atomic E-state index is 12.6. The smallest absolute Gasteiger partial charge is 0.406 e. The van der Waals surface area contributed by atoms with Crippen molar-refractivity contribution in [1.82, 2.24) is 0 Å². The first-order valence-electron chi connectivity index (χ1n) is 8.15. The molecule has 0 saturated heterocycles. The lowest BCUT2D eigenvalue weighted by Gasteiger charge is -2.19. The van der Waals surface area contributed by atoms with Crippen LogP contribution in [0.25, 0.3) is 0 Å². The monoisotopic (exact) mass is 426 g/mol. The molecular weight excluding hydrogens is 406 g/mol. The third kappa shape index (κ3) is 7.92. The molecule has 6 N–H and O–H groups in total. The molecule has 1 rings (SSSR count). The van der Waals surface area contributed by atoms with Crippen molar-refractivity contribution in [1.29, 1.82) is 0 Å². The SMILES string of the molecule is CC(C)C(N=C(N)C(C(N)=O)=C(N)CC(F)(F)F)c1ccc(OC(F)(F)F)cc1. The van der Waals surface area contributed by atoms with Crippen molar-refractivity contribution in [3.8, 4) is 5.75 Å². The van der Waals surface area contributed by atoms with Crippen LogP contribution in [0.4, 0.5) is 26.3 Å². The normalized spacial score (nSPS) is 15.1. The fourth-order valence-corrected chi connectivity index (χ4v) is 2.44. The highest BCUT2D eigenvalue weighted by atomic mass is 19.4. The number of amides is 1. The first-order chi connectivity index (χ1) is 13.1. The molecule has 12 heteroatoms. The van der Waals surface area contributed by atoms with Crippen LogP contribution in [0.3, 0.4) is 0 Å². The average molecular weight is 426 g/mol. The maximum Gasteiger partial charge on any atom is 0.573 e. The van der Waals surface area contributed by atoms with Crippen molar-refractivity contribution in [3.05, 3.63) is 41.1 Å². The molecule has 0 aliphatic heterocycles. The molecule has 0 saturated carbocycles. The van der Waals surface area contributed by atoms with E-state index in [4.69, 9.17) is 17.2 Å². The number of hydrogen-bond donors (Lipinski definition) is 3. The van der Waals surface area contributed by atoms with Crippen LogP contribution in [0, 0.1) is 5.92 Å². The molecule has 0 spiro atoms. The van der Waals surface area contributed by atoms with Crippen molar-refractivity contribution in [2.24, 2.45) is 28.1 Å². The topological polar surface area (TPSA) is 117 Å². The van der Waals surface area contributed by atoms with Gasteiger partial charge in [0, 0.05) is 5.70 Å². The Kier molecular flexibility index (Phi) is 7.53. The van der Waals surface area contributed by atoms with Crippen LogP contribution in [0.15, 0.2) is 40.5 Å². The van der Waals surface area contributed by atoms with E-state index in [0.717, 1.165) is 12.1 Å². The number of benzene rings is 1. The summed E-state index contributed by atoms with van der Waals surface area (Å²) in [7, 11) is 0. The fraction of sp³-hybridized carbons (Fsp3) is 0.412. The molecule has 0 aliphatic rings. The Labute approximate surface area is 162 Å². The van der Waals surface area contributed by atoms with Gasteiger partial charge in [0.15, 0.2) is 0 Å². The number of carbonyl (C=O) groups is 1. The van der Waals surface area contributed by atoms with E-state index >= 15 is 0 Å². The van der Waals surface area contributed by atoms with Crippen LogP contribution >= 0.6 is 0 Å². The van der Waals surface area contributed by atoms with Gasteiger partial charge in [0.1, 0.15) is 11.6 Å². The van der Waals surface area contributed by atoms with Gasteiger partial charge in [-0.15, -0.1) is 13.2 Å². The van der Waals surface area contributed by atoms with Gasteiger partial charge in [-0.05, 0) is 23.6 Å². The average Bonchev–Trinajstić information content (AvgIpc) is 2.49. The second kappa shape index (κ2) is 9.05. The molecule has 0 fully saturated rings. The summed E-state index contributed by atoms with van der Waals surface area (Å²) in [5.41, 5.74) is 14.9. The number of rotatable bonds is 7. The quantitative estimate of drug-likeness (QED) is 0.268. The molecule has 0 radical (unpaired) electrons. The Morgan fingerprint density at radius 3 is 1.93 bits per heavy atom. The number of nitrogens with zero attached hydrogens (tertiary/aromatic N) is 1. The van der Waals surface area contributed by atoms with Gasteiger partial charge in [-0.3, -0.25) is 9.79 Å². The van der Waals surface area contributed by atoms with Crippen LogP contribution in [0.1, 0.15) is 31.9 Å². The molecule has 0 aromatic heterocycles. The standard InChI is InChI=1S/C17H20F6N4O2/c1-8(2)13(9-3-5-10(6-4-9)29-17(21,22)23)27-14(25)12(15(26)28)11(24)7-16(18,19)20/h3-6,8,13H,7,24H2,1-2H3,(H2,25,27)(H2,26,28). The van der Waals surface area contributed by atoms with Gasteiger partial charge in [0.05, 0.1) is 18.0 Å². The molecule has 1 aromatic carbocycles. The first-order valence-corrected chi connectivity index (χ1v) is 8.15. The lowest BCUT2D eigenvalue weighted by Crippen LogP contribution is -2.32. The van der Waals surface area contributed by atoms with Crippen molar-refractivity contribution < 1.29 is 35.9 Å². The largest absolute Gasteiger partial charge is 0.573 e. The number of amidine groups is 1. The van der Waals surface area contributed by atoms with Crippen molar-refractivity contribution in [2.75, 3.05) is 0 Å². The maximum atomic E-state index is 12.6. The Morgan fingerprint density at radius 2 is 1.55 bits per heavy atom. The number of halogens is 6. The summed E-state index contributed by atoms with van der Waals surface area (Å²) < 4.78 is 78.2. The van der Waals surface area contributed by atoms with Gasteiger partial charge in [-0.2, -0.15) is 13.2 Å². The molecular formula is C17H20F6N4O2. The fourth-order valence-electron chi connectivity index (χ4n) is 2.44. The van der Waals surface area contributed by atoms with Crippen LogP contribution in [-0.2, 0) is 4.79 Å². The third-order valence-corrected chi connectivity index (χ3v) is 3.58. The number of ether oxygens (including phenoxy) is 1. The molecule has 0 aliphatic carbocycles. The molecule has 29 heavy (non-hydrogen) atoms. The highest BCUT2D eigenvalue weighted by Gasteiger charge is 2.32. The number of carbonyl (C=O) groups excluding carboxylic acids is 1. The molecule has 6 nitrogen and oxygen atoms in total. The van der Waals surface area contributed by atoms with Crippen molar-refractivity contribution in [3.63, 3.8) is 0 Å². The molecule has 0 bridgehead atoms. The minimum atomic E-state index is -4.86. The number of hydrogen-bond acceptors (Lipinski definition) is 4. The van der Waals surface area contributed by atoms with E-state index in [2.05, 4.69) is 9.73 Å². The van der Waals surface area contributed by atoms with E-state index in [1.165, 1.54) is 12.1 Å². The summed E-state index contributed by atoms with van der Waals surface area (Å²) in [4.78, 5) is 15.6. The third-order valence-electron chi connectivity index (χ3n) is 3.58. The molecule has 0 heterocycles. The lowest BCUT2D eigenvalue weighted by molar-refractivity contribution is -0.274. The Hall–Kier alpha value is -2.92. The van der Waals surface area contributed by atoms with E-state index in [1.807, 2.05) is 0 Å². The molecule has 1 atom stereocenters. The minimum Gasteiger partial charge on any atom is -0.406 e. The zero-order valence-electron chi connectivity index (χ0n) is 15.4. The Morgan fingerprint density at radius 1 is 1.03 bits per heavy atom. The Bertz CT molecular complexity index is 783. The second-order valence-corrected chi connectivity index (χ2v) is 6.38. The van der Waals surface area contributed by atoms with Gasteiger partial charge in [0.25, 0.3) is 5.91 Å². The predicted molar refractivity (Wildman–Crippen MR) is 93.4 cm³/mol. The van der Waals surface area contributed by atoms with Gasteiger partial charge < -0.3 is 21.9 Å². The second-order valence-electron chi connectivity index (χ2n) is 6.38. The summed E-state index contributed by atoms with van der Waals surface area (Å²) in [5, 5.41) is 0. The van der Waals surface area contributed by atoms with Gasteiger partial charge in [0.2, 0.25) is 0 Å². The predicted octanol–water partition coefficient (Wildman–Crippen LogP) is 3.29. The van der Waals surface area contributed by atoms with E-state index in [-0.39, 0.29) is 5.92 Å². The van der Waals surface area contributed by atoms with E-state index in [9.17, 15) is 31.1 Å². The van der Waals surface area contributed by atoms with Crippen LogP contribution in [0.2, 0.25) is 0 Å². The highest BCUT2D eigenvalue weighted by molar-refractivity contribution is 6.20. The van der Waals surface area contributed by atoms with Crippen LogP contribution in [0.5, 0.6) is 5.75 Å². The summed E-state index contributed by atoms with van der Waals surface area (Å²) in [6, 6.07) is 3.87. The summed E-state index contributed by atoms with van der Waals surface area (Å²) in [6.45, 7) is 3.38. The molecule has 1 amide bonds. The molecule has 1 unspecified atom stereocenters. The van der Waals surface area contributed by atoms with E-state index in [0.29, 0.717) is 5.56 Å². The summed E-state index contributed by atoms with van der Waals surface area (Å²) in [5.74, 6) is -2.65. The molecule has 1 aromatic rings. The number of nitrogens with two attached hydrogens (primary N) is 3.